The van der Waals surface area contributed by atoms with Crippen molar-refractivity contribution >= 4 is 26.6 Å². The predicted octanol–water partition coefficient (Wildman–Crippen LogP) is 3.39. The minimum absolute atomic E-state index is 0.0354. The molecular formula is C20H16N4O4S. The second-order valence-corrected chi connectivity index (χ2v) is 8.04. The maximum Gasteiger partial charge on any atom is 0.278 e. The molecule has 0 aliphatic rings. The normalized spacial score (nSPS) is 11.3. The number of hydrogen-bond acceptors (Lipinski definition) is 6. The van der Waals surface area contributed by atoms with Crippen molar-refractivity contribution in [2.24, 2.45) is 0 Å². The third-order valence-corrected chi connectivity index (χ3v) is 6.14. The van der Waals surface area contributed by atoms with E-state index in [2.05, 4.69) is 11.6 Å². The molecular weight excluding hydrogens is 392 g/mol. The van der Waals surface area contributed by atoms with E-state index >= 15 is 0 Å². The fourth-order valence-corrected chi connectivity index (χ4v) is 4.46. The Morgan fingerprint density at radius 3 is 2.55 bits per heavy atom. The lowest BCUT2D eigenvalue weighted by molar-refractivity contribution is -0.383. The molecule has 0 saturated heterocycles. The van der Waals surface area contributed by atoms with E-state index in [4.69, 9.17) is 5.26 Å². The van der Waals surface area contributed by atoms with Gasteiger partial charge in [0, 0.05) is 25.4 Å². The van der Waals surface area contributed by atoms with Gasteiger partial charge in [0.05, 0.1) is 27.5 Å². The Labute approximate surface area is 167 Å². The zero-order valence-electron chi connectivity index (χ0n) is 15.2. The van der Waals surface area contributed by atoms with Crippen LogP contribution in [0.15, 0.2) is 72.3 Å². The van der Waals surface area contributed by atoms with Crippen molar-refractivity contribution in [3.05, 3.63) is 88.6 Å². The van der Waals surface area contributed by atoms with Crippen molar-refractivity contribution in [2.75, 3.05) is 6.54 Å². The molecule has 146 valence electrons. The number of non-ortho nitro benzene ring substituents is 1. The van der Waals surface area contributed by atoms with E-state index in [9.17, 15) is 18.5 Å². The number of benzene rings is 2. The predicted molar refractivity (Wildman–Crippen MR) is 107 cm³/mol. The Morgan fingerprint density at radius 2 is 1.93 bits per heavy atom. The molecule has 0 unspecified atom stereocenters. The highest BCUT2D eigenvalue weighted by atomic mass is 32.2. The molecule has 0 aliphatic carbocycles. The molecule has 29 heavy (non-hydrogen) atoms. The molecule has 0 bridgehead atoms. The second kappa shape index (κ2) is 8.18. The smallest absolute Gasteiger partial charge is 0.258 e. The van der Waals surface area contributed by atoms with Crippen LogP contribution in [0.3, 0.4) is 0 Å². The van der Waals surface area contributed by atoms with Gasteiger partial charge in [0.25, 0.3) is 5.69 Å². The zero-order valence-corrected chi connectivity index (χ0v) is 16.0. The Balaban J connectivity index is 2.09. The largest absolute Gasteiger partial charge is 0.278 e. The van der Waals surface area contributed by atoms with Gasteiger partial charge in [-0.15, -0.1) is 6.58 Å². The number of rotatable bonds is 7. The van der Waals surface area contributed by atoms with Crippen molar-refractivity contribution in [3.63, 3.8) is 0 Å². The van der Waals surface area contributed by atoms with Gasteiger partial charge in [-0.1, -0.05) is 18.2 Å². The van der Waals surface area contributed by atoms with Crippen LogP contribution in [0.25, 0.3) is 10.9 Å². The first-order chi connectivity index (χ1) is 13.9. The third-order valence-electron chi connectivity index (χ3n) is 4.30. The summed E-state index contributed by atoms with van der Waals surface area (Å²) in [6, 6.07) is 13.9. The van der Waals surface area contributed by atoms with E-state index in [0.717, 1.165) is 0 Å². The molecule has 9 heteroatoms. The summed E-state index contributed by atoms with van der Waals surface area (Å²) in [6.07, 6.45) is 2.85. The lowest BCUT2D eigenvalue weighted by atomic mass is 10.1. The van der Waals surface area contributed by atoms with E-state index in [0.29, 0.717) is 11.1 Å². The lowest BCUT2D eigenvalue weighted by Crippen LogP contribution is -2.31. The number of fused-ring (bicyclic) bond motifs is 1. The number of nitriles is 1. The number of hydrogen-bond donors (Lipinski definition) is 0. The summed E-state index contributed by atoms with van der Waals surface area (Å²) in [7, 11) is -4.03. The Morgan fingerprint density at radius 1 is 1.21 bits per heavy atom. The molecule has 0 N–H and O–H groups in total. The average Bonchev–Trinajstić information content (AvgIpc) is 2.72. The van der Waals surface area contributed by atoms with Gasteiger partial charge in [-0.2, -0.15) is 9.57 Å². The maximum absolute atomic E-state index is 13.4. The van der Waals surface area contributed by atoms with Crippen LogP contribution >= 0.6 is 0 Å². The number of nitro groups is 1. The molecule has 0 fully saturated rings. The Kier molecular flexibility index (Phi) is 5.68. The van der Waals surface area contributed by atoms with Gasteiger partial charge in [-0.05, 0) is 35.9 Å². The van der Waals surface area contributed by atoms with Crippen LogP contribution in [0, 0.1) is 21.4 Å². The number of nitrogens with zero attached hydrogens (tertiary/aromatic N) is 4. The fourth-order valence-electron chi connectivity index (χ4n) is 2.92. The number of aromatic nitrogens is 1. The second-order valence-electron chi connectivity index (χ2n) is 6.13. The maximum atomic E-state index is 13.4. The summed E-state index contributed by atoms with van der Waals surface area (Å²) in [5.74, 6) is 0. The first-order valence-electron chi connectivity index (χ1n) is 8.50. The van der Waals surface area contributed by atoms with Crippen LogP contribution in [0.4, 0.5) is 5.69 Å². The minimum atomic E-state index is -4.03. The molecule has 8 nitrogen and oxygen atoms in total. The number of nitro benzene ring substituents is 1. The van der Waals surface area contributed by atoms with Gasteiger partial charge in [-0.25, -0.2) is 8.42 Å². The molecule has 0 saturated carbocycles. The lowest BCUT2D eigenvalue weighted by Gasteiger charge is -2.21. The summed E-state index contributed by atoms with van der Waals surface area (Å²) >= 11 is 0. The molecule has 2 aromatic carbocycles. The van der Waals surface area contributed by atoms with Crippen LogP contribution in [0.1, 0.15) is 11.1 Å². The molecule has 0 atom stereocenters. The summed E-state index contributed by atoms with van der Waals surface area (Å²) in [5.41, 5.74) is 0.982. The highest BCUT2D eigenvalue weighted by Crippen LogP contribution is 2.31. The fraction of sp³-hybridized carbons (Fsp3) is 0.100. The third kappa shape index (κ3) is 3.99. The standard InChI is InChI=1S/C20H16N4O4S/c1-2-12-23(14-16-7-5-15(13-21)6-8-16)29(27,28)19-10-9-18(24(25)26)17-4-3-11-22-20(17)19/h2-11H,1,12,14H2. The molecule has 1 aromatic heterocycles. The molecule has 0 radical (unpaired) electrons. The number of pyridine rings is 1. The van der Waals surface area contributed by atoms with Gasteiger partial charge in [0.1, 0.15) is 4.90 Å². The summed E-state index contributed by atoms with van der Waals surface area (Å²) in [6.45, 7) is 3.70. The van der Waals surface area contributed by atoms with Gasteiger partial charge in [-0.3, -0.25) is 15.1 Å². The van der Waals surface area contributed by atoms with Gasteiger partial charge >= 0.3 is 0 Å². The summed E-state index contributed by atoms with van der Waals surface area (Å²) in [5, 5.41) is 20.3. The van der Waals surface area contributed by atoms with Crippen molar-refractivity contribution < 1.29 is 13.3 Å². The topological polar surface area (TPSA) is 117 Å². The van der Waals surface area contributed by atoms with Gasteiger partial charge in [0.15, 0.2) is 0 Å². The Hall–Kier alpha value is -3.61. The van der Waals surface area contributed by atoms with Crippen molar-refractivity contribution in [1.29, 1.82) is 5.26 Å². The van der Waals surface area contributed by atoms with Crippen LogP contribution in [0.2, 0.25) is 0 Å². The molecule has 1 heterocycles. The first kappa shape index (κ1) is 20.1. The summed E-state index contributed by atoms with van der Waals surface area (Å²) < 4.78 is 27.9. The van der Waals surface area contributed by atoms with Crippen molar-refractivity contribution in [2.45, 2.75) is 11.4 Å². The van der Waals surface area contributed by atoms with Crippen LogP contribution in [0.5, 0.6) is 0 Å². The molecule has 0 spiro atoms. The SMILES string of the molecule is C=CCN(Cc1ccc(C#N)cc1)S(=O)(=O)c1ccc([N+](=O)[O-])c2cccnc12. The van der Waals surface area contributed by atoms with E-state index in [1.165, 1.54) is 40.8 Å². The van der Waals surface area contributed by atoms with Gasteiger partial charge in [0.2, 0.25) is 10.0 Å². The minimum Gasteiger partial charge on any atom is -0.258 e. The molecule has 3 rings (SSSR count). The molecule has 0 amide bonds. The van der Waals surface area contributed by atoms with E-state index in [1.54, 1.807) is 24.3 Å². The quantitative estimate of drug-likeness (QED) is 0.336. The Bertz CT molecular complexity index is 1230. The zero-order chi connectivity index (χ0) is 21.0. The van der Waals surface area contributed by atoms with E-state index < -0.39 is 14.9 Å². The van der Waals surface area contributed by atoms with Crippen molar-refractivity contribution in [1.82, 2.24) is 9.29 Å². The van der Waals surface area contributed by atoms with Crippen LogP contribution < -0.4 is 0 Å². The molecule has 0 aliphatic heterocycles. The van der Waals surface area contributed by atoms with Crippen LogP contribution in [-0.4, -0.2) is 29.2 Å². The average molecular weight is 408 g/mol. The summed E-state index contributed by atoms with van der Waals surface area (Å²) in [4.78, 5) is 14.7. The number of sulfonamides is 1. The van der Waals surface area contributed by atoms with E-state index in [1.807, 2.05) is 6.07 Å². The molecule has 3 aromatic rings. The highest BCUT2D eigenvalue weighted by Gasteiger charge is 2.28. The van der Waals surface area contributed by atoms with Gasteiger partial charge < -0.3 is 0 Å². The monoisotopic (exact) mass is 408 g/mol. The van der Waals surface area contributed by atoms with Crippen molar-refractivity contribution in [3.8, 4) is 6.07 Å². The van der Waals surface area contributed by atoms with Crippen LogP contribution in [-0.2, 0) is 16.6 Å². The first-order valence-corrected chi connectivity index (χ1v) is 9.94. The van der Waals surface area contributed by atoms with E-state index in [-0.39, 0.29) is 34.6 Å². The highest BCUT2D eigenvalue weighted by molar-refractivity contribution is 7.89.